The predicted molar refractivity (Wildman–Crippen MR) is 72.0 cm³/mol. The fourth-order valence-electron chi connectivity index (χ4n) is 2.25. The summed E-state index contributed by atoms with van der Waals surface area (Å²) in [5.74, 6) is 1.63. The third-order valence-corrected chi connectivity index (χ3v) is 3.90. The standard InChI is InChI=1S/C13H14BrN3/c14-11-4-2-1-3-10(11)12-8-16-13(17-12)9-5-6-15-7-9/h1-4,8-9,15H,5-7H2,(H,16,17). The Morgan fingerprint density at radius 2 is 2.18 bits per heavy atom. The maximum atomic E-state index is 4.50. The van der Waals surface area contributed by atoms with Crippen molar-refractivity contribution in [1.82, 2.24) is 15.3 Å². The maximum absolute atomic E-state index is 4.50. The Balaban J connectivity index is 1.92. The molecule has 1 fully saturated rings. The molecule has 0 saturated carbocycles. The highest BCUT2D eigenvalue weighted by molar-refractivity contribution is 9.10. The molecule has 0 aliphatic carbocycles. The summed E-state index contributed by atoms with van der Waals surface area (Å²) in [6, 6.07) is 8.20. The van der Waals surface area contributed by atoms with Gasteiger partial charge in [-0.1, -0.05) is 34.1 Å². The van der Waals surface area contributed by atoms with Crippen LogP contribution in [0.25, 0.3) is 11.3 Å². The van der Waals surface area contributed by atoms with Crippen LogP contribution in [0.1, 0.15) is 18.2 Å². The normalized spacial score (nSPS) is 19.7. The van der Waals surface area contributed by atoms with Gasteiger partial charge in [-0.05, 0) is 19.0 Å². The summed E-state index contributed by atoms with van der Waals surface area (Å²) >= 11 is 3.57. The van der Waals surface area contributed by atoms with E-state index >= 15 is 0 Å². The minimum atomic E-state index is 0.534. The lowest BCUT2D eigenvalue weighted by atomic mass is 10.1. The van der Waals surface area contributed by atoms with Crippen LogP contribution in [-0.4, -0.2) is 23.1 Å². The van der Waals surface area contributed by atoms with Crippen LogP contribution in [0.5, 0.6) is 0 Å². The van der Waals surface area contributed by atoms with Crippen molar-refractivity contribution in [3.05, 3.63) is 40.8 Å². The van der Waals surface area contributed by atoms with E-state index in [9.17, 15) is 0 Å². The van der Waals surface area contributed by atoms with E-state index in [1.807, 2.05) is 24.4 Å². The van der Waals surface area contributed by atoms with Crippen LogP contribution in [0.4, 0.5) is 0 Å². The molecule has 0 amide bonds. The van der Waals surface area contributed by atoms with Gasteiger partial charge < -0.3 is 10.3 Å². The highest BCUT2D eigenvalue weighted by Crippen LogP contribution is 2.28. The van der Waals surface area contributed by atoms with Crippen molar-refractivity contribution in [2.45, 2.75) is 12.3 Å². The summed E-state index contributed by atoms with van der Waals surface area (Å²) in [5, 5.41) is 3.36. The molecule has 1 aromatic heterocycles. The van der Waals surface area contributed by atoms with E-state index in [-0.39, 0.29) is 0 Å². The summed E-state index contributed by atoms with van der Waals surface area (Å²) in [6.45, 7) is 2.12. The molecule has 3 nitrogen and oxygen atoms in total. The zero-order valence-electron chi connectivity index (χ0n) is 9.41. The highest BCUT2D eigenvalue weighted by Gasteiger charge is 2.19. The Hall–Kier alpha value is -1.13. The van der Waals surface area contributed by atoms with Crippen molar-refractivity contribution < 1.29 is 0 Å². The number of imidazole rings is 1. The van der Waals surface area contributed by atoms with E-state index in [0.717, 1.165) is 34.6 Å². The average molecular weight is 292 g/mol. The van der Waals surface area contributed by atoms with Crippen LogP contribution < -0.4 is 5.32 Å². The van der Waals surface area contributed by atoms with Crippen molar-refractivity contribution in [3.8, 4) is 11.3 Å². The van der Waals surface area contributed by atoms with Crippen molar-refractivity contribution in [2.75, 3.05) is 13.1 Å². The predicted octanol–water partition coefficient (Wildman–Crippen LogP) is 2.92. The number of aromatic amines is 1. The fraction of sp³-hybridized carbons (Fsp3) is 0.308. The van der Waals surface area contributed by atoms with Gasteiger partial charge in [-0.3, -0.25) is 0 Å². The number of benzene rings is 1. The molecule has 88 valence electrons. The number of hydrogen-bond acceptors (Lipinski definition) is 2. The zero-order valence-corrected chi connectivity index (χ0v) is 11.0. The quantitative estimate of drug-likeness (QED) is 0.893. The van der Waals surface area contributed by atoms with Gasteiger partial charge in [0.2, 0.25) is 0 Å². The van der Waals surface area contributed by atoms with E-state index < -0.39 is 0 Å². The van der Waals surface area contributed by atoms with Gasteiger partial charge in [0.05, 0.1) is 11.9 Å². The molecular formula is C13H14BrN3. The average Bonchev–Trinajstić information content (AvgIpc) is 3.00. The highest BCUT2D eigenvalue weighted by atomic mass is 79.9. The molecule has 3 rings (SSSR count). The molecule has 0 spiro atoms. The molecule has 4 heteroatoms. The topological polar surface area (TPSA) is 40.7 Å². The van der Waals surface area contributed by atoms with E-state index in [1.54, 1.807) is 0 Å². The van der Waals surface area contributed by atoms with Crippen molar-refractivity contribution >= 4 is 15.9 Å². The molecule has 2 aromatic rings. The van der Waals surface area contributed by atoms with E-state index in [1.165, 1.54) is 6.42 Å². The SMILES string of the molecule is Brc1ccccc1-c1cnc(C2CCNC2)[nH]1. The van der Waals surface area contributed by atoms with Gasteiger partial charge in [-0.15, -0.1) is 0 Å². The van der Waals surface area contributed by atoms with E-state index in [0.29, 0.717) is 5.92 Å². The third-order valence-electron chi connectivity index (χ3n) is 3.21. The Kier molecular flexibility index (Phi) is 2.99. The summed E-state index contributed by atoms with van der Waals surface area (Å²) in [7, 11) is 0. The minimum Gasteiger partial charge on any atom is -0.342 e. The monoisotopic (exact) mass is 291 g/mol. The Morgan fingerprint density at radius 1 is 1.29 bits per heavy atom. The number of H-pyrrole nitrogens is 1. The second-order valence-corrected chi connectivity index (χ2v) is 5.21. The molecular weight excluding hydrogens is 278 g/mol. The van der Waals surface area contributed by atoms with Gasteiger partial charge in [0.15, 0.2) is 0 Å². The fourth-order valence-corrected chi connectivity index (χ4v) is 2.75. The van der Waals surface area contributed by atoms with Gasteiger partial charge in [-0.2, -0.15) is 0 Å². The van der Waals surface area contributed by atoms with Crippen molar-refractivity contribution in [2.24, 2.45) is 0 Å². The maximum Gasteiger partial charge on any atom is 0.110 e. The van der Waals surface area contributed by atoms with E-state index in [4.69, 9.17) is 0 Å². The first kappa shape index (κ1) is 11.0. The lowest BCUT2D eigenvalue weighted by molar-refractivity contribution is 0.715. The number of halogens is 1. The van der Waals surface area contributed by atoms with Crippen molar-refractivity contribution in [1.29, 1.82) is 0 Å². The van der Waals surface area contributed by atoms with Crippen LogP contribution in [0, 0.1) is 0 Å². The Labute approximate surface area is 109 Å². The molecule has 1 aliphatic heterocycles. The van der Waals surface area contributed by atoms with Gasteiger partial charge in [0, 0.05) is 22.5 Å². The van der Waals surface area contributed by atoms with Crippen LogP contribution in [-0.2, 0) is 0 Å². The zero-order chi connectivity index (χ0) is 11.7. The number of hydrogen-bond donors (Lipinski definition) is 2. The molecule has 17 heavy (non-hydrogen) atoms. The molecule has 1 aromatic carbocycles. The number of rotatable bonds is 2. The van der Waals surface area contributed by atoms with Crippen LogP contribution in [0.3, 0.4) is 0 Å². The molecule has 0 radical (unpaired) electrons. The summed E-state index contributed by atoms with van der Waals surface area (Å²) in [4.78, 5) is 7.93. The number of nitrogens with one attached hydrogen (secondary N) is 2. The molecule has 1 unspecified atom stereocenters. The lowest BCUT2D eigenvalue weighted by Crippen LogP contribution is -2.08. The van der Waals surface area contributed by atoms with Crippen LogP contribution >= 0.6 is 15.9 Å². The summed E-state index contributed by atoms with van der Waals surface area (Å²) in [6.07, 6.45) is 3.09. The molecule has 0 bridgehead atoms. The Morgan fingerprint density at radius 3 is 2.94 bits per heavy atom. The van der Waals surface area contributed by atoms with Gasteiger partial charge in [-0.25, -0.2) is 4.98 Å². The Bertz CT molecular complexity index is 515. The van der Waals surface area contributed by atoms with Crippen LogP contribution in [0.2, 0.25) is 0 Å². The largest absolute Gasteiger partial charge is 0.342 e. The lowest BCUT2D eigenvalue weighted by Gasteiger charge is -2.04. The first-order valence-electron chi connectivity index (χ1n) is 5.85. The van der Waals surface area contributed by atoms with Crippen molar-refractivity contribution in [3.63, 3.8) is 0 Å². The minimum absolute atomic E-state index is 0.534. The molecule has 2 heterocycles. The first-order valence-corrected chi connectivity index (χ1v) is 6.64. The summed E-state index contributed by atoms with van der Waals surface area (Å²) in [5.41, 5.74) is 2.25. The summed E-state index contributed by atoms with van der Waals surface area (Å²) < 4.78 is 1.10. The third kappa shape index (κ3) is 2.15. The first-order chi connectivity index (χ1) is 8.34. The van der Waals surface area contributed by atoms with Gasteiger partial charge in [0.1, 0.15) is 5.82 Å². The number of aromatic nitrogens is 2. The smallest absolute Gasteiger partial charge is 0.110 e. The second kappa shape index (κ2) is 4.63. The molecule has 1 atom stereocenters. The van der Waals surface area contributed by atoms with Crippen LogP contribution in [0.15, 0.2) is 34.9 Å². The molecule has 2 N–H and O–H groups in total. The second-order valence-electron chi connectivity index (χ2n) is 4.35. The van der Waals surface area contributed by atoms with E-state index in [2.05, 4.69) is 37.3 Å². The molecule has 1 saturated heterocycles. The number of nitrogens with zero attached hydrogens (tertiary/aromatic N) is 1. The molecule has 1 aliphatic rings. The van der Waals surface area contributed by atoms with Gasteiger partial charge in [0.25, 0.3) is 0 Å². The van der Waals surface area contributed by atoms with Gasteiger partial charge >= 0.3 is 0 Å².